The second-order valence-electron chi connectivity index (χ2n) is 4.84. The summed E-state index contributed by atoms with van der Waals surface area (Å²) >= 11 is 0. The van der Waals surface area contributed by atoms with Crippen molar-refractivity contribution in [3.8, 4) is 0 Å². The molecule has 2 rings (SSSR count). The molecule has 0 amide bonds. The Kier molecular flexibility index (Phi) is 4.77. The van der Waals surface area contributed by atoms with Crippen LogP contribution in [-0.2, 0) is 6.54 Å². The molecule has 0 fully saturated rings. The van der Waals surface area contributed by atoms with Crippen molar-refractivity contribution in [1.29, 1.82) is 0 Å². The third kappa shape index (κ3) is 3.71. The number of anilines is 1. The molecule has 2 aromatic rings. The average molecular weight is 287 g/mol. The first-order valence-electron chi connectivity index (χ1n) is 6.74. The molecule has 7 heteroatoms. The number of nitrogens with zero attached hydrogens (tertiary/aromatic N) is 3. The van der Waals surface area contributed by atoms with Crippen molar-refractivity contribution in [3.63, 3.8) is 0 Å². The van der Waals surface area contributed by atoms with E-state index in [9.17, 15) is 4.79 Å². The van der Waals surface area contributed by atoms with Crippen LogP contribution in [0.4, 0.5) is 5.69 Å². The first kappa shape index (κ1) is 15.3. The van der Waals surface area contributed by atoms with Gasteiger partial charge in [0.25, 0.3) is 5.56 Å². The van der Waals surface area contributed by atoms with Crippen molar-refractivity contribution in [2.24, 2.45) is 0 Å². The molecule has 0 spiro atoms. The van der Waals surface area contributed by atoms with Crippen LogP contribution >= 0.6 is 0 Å². The monoisotopic (exact) mass is 287 g/mol. The lowest BCUT2D eigenvalue weighted by molar-refractivity contribution is 0.425. The van der Waals surface area contributed by atoms with E-state index in [0.717, 1.165) is 17.8 Å². The summed E-state index contributed by atoms with van der Waals surface area (Å²) in [4.78, 5) is 14.0. The van der Waals surface area contributed by atoms with Gasteiger partial charge in [0, 0.05) is 19.7 Å². The Morgan fingerprint density at radius 1 is 1.33 bits per heavy atom. The molecule has 21 heavy (non-hydrogen) atoms. The molecule has 1 heterocycles. The number of hydrogen-bond donors (Lipinski definition) is 2. The summed E-state index contributed by atoms with van der Waals surface area (Å²) in [5, 5.41) is 22.5. The van der Waals surface area contributed by atoms with E-state index < -0.39 is 7.12 Å². The van der Waals surface area contributed by atoms with Gasteiger partial charge >= 0.3 is 7.12 Å². The molecular weight excluding hydrogens is 269 g/mol. The fourth-order valence-corrected chi connectivity index (χ4v) is 1.96. The van der Waals surface area contributed by atoms with E-state index in [1.807, 2.05) is 24.9 Å². The summed E-state index contributed by atoms with van der Waals surface area (Å²) < 4.78 is 1.34. The molecule has 0 saturated carbocycles. The van der Waals surface area contributed by atoms with Crippen molar-refractivity contribution in [2.75, 3.05) is 18.5 Å². The van der Waals surface area contributed by atoms with Gasteiger partial charge in [-0.1, -0.05) is 24.3 Å². The largest absolute Gasteiger partial charge is 0.488 e. The van der Waals surface area contributed by atoms with Crippen molar-refractivity contribution in [3.05, 3.63) is 52.4 Å². The minimum atomic E-state index is -1.52. The smallest absolute Gasteiger partial charge is 0.423 e. The van der Waals surface area contributed by atoms with E-state index in [2.05, 4.69) is 5.10 Å². The second kappa shape index (κ2) is 6.56. The maximum atomic E-state index is 12.1. The van der Waals surface area contributed by atoms with Gasteiger partial charge in [-0.05, 0) is 17.9 Å². The number of aromatic nitrogens is 2. The summed E-state index contributed by atoms with van der Waals surface area (Å²) in [5.41, 5.74) is 1.76. The van der Waals surface area contributed by atoms with Crippen molar-refractivity contribution < 1.29 is 10.0 Å². The van der Waals surface area contributed by atoms with Crippen molar-refractivity contribution in [2.45, 2.75) is 13.5 Å². The van der Waals surface area contributed by atoms with E-state index in [1.165, 1.54) is 4.68 Å². The van der Waals surface area contributed by atoms with Gasteiger partial charge < -0.3 is 14.9 Å². The quantitative estimate of drug-likeness (QED) is 0.720. The van der Waals surface area contributed by atoms with Gasteiger partial charge in [-0.15, -0.1) is 0 Å². The Labute approximate surface area is 123 Å². The number of benzene rings is 1. The first-order chi connectivity index (χ1) is 10.0. The molecule has 1 aromatic carbocycles. The van der Waals surface area contributed by atoms with Gasteiger partial charge in [0.15, 0.2) is 0 Å². The van der Waals surface area contributed by atoms with E-state index in [0.29, 0.717) is 5.46 Å². The highest BCUT2D eigenvalue weighted by Crippen LogP contribution is 2.06. The SMILES string of the molecule is CCN(C)c1cnn(Cc2cccc(B(O)O)c2)c(=O)c1. The van der Waals surface area contributed by atoms with Gasteiger partial charge in [0.2, 0.25) is 0 Å². The lowest BCUT2D eigenvalue weighted by Gasteiger charge is -2.16. The van der Waals surface area contributed by atoms with Gasteiger partial charge in [0.05, 0.1) is 18.4 Å². The minimum Gasteiger partial charge on any atom is -0.423 e. The summed E-state index contributed by atoms with van der Waals surface area (Å²) in [6.45, 7) is 3.08. The average Bonchev–Trinajstić information content (AvgIpc) is 2.48. The topological polar surface area (TPSA) is 78.6 Å². The fourth-order valence-electron chi connectivity index (χ4n) is 1.96. The van der Waals surface area contributed by atoms with Crippen LogP contribution in [0.3, 0.4) is 0 Å². The highest BCUT2D eigenvalue weighted by Gasteiger charge is 2.11. The summed E-state index contributed by atoms with van der Waals surface area (Å²) in [6.07, 6.45) is 1.65. The Balaban J connectivity index is 2.24. The zero-order chi connectivity index (χ0) is 15.4. The maximum absolute atomic E-state index is 12.1. The third-order valence-corrected chi connectivity index (χ3v) is 3.35. The Hall–Kier alpha value is -2.12. The molecule has 1 aromatic heterocycles. The standard InChI is InChI=1S/C14H18BN3O3/c1-3-17(2)13-8-14(19)18(16-9-13)10-11-5-4-6-12(7-11)15(20)21/h4-9,20-21H,3,10H2,1-2H3. The molecular formula is C14H18BN3O3. The molecule has 110 valence electrons. The van der Waals surface area contributed by atoms with Crippen LogP contribution in [0.15, 0.2) is 41.3 Å². The molecule has 0 unspecified atom stereocenters. The van der Waals surface area contributed by atoms with Crippen LogP contribution < -0.4 is 15.9 Å². The summed E-state index contributed by atoms with van der Waals surface area (Å²) in [6, 6.07) is 8.33. The Bertz CT molecular complexity index is 673. The normalized spacial score (nSPS) is 10.5. The maximum Gasteiger partial charge on any atom is 0.488 e. The van der Waals surface area contributed by atoms with Crippen LogP contribution in [0.5, 0.6) is 0 Å². The molecule has 0 radical (unpaired) electrons. The minimum absolute atomic E-state index is 0.192. The zero-order valence-electron chi connectivity index (χ0n) is 12.1. The Morgan fingerprint density at radius 3 is 2.71 bits per heavy atom. The van der Waals surface area contributed by atoms with Gasteiger partial charge in [-0.2, -0.15) is 5.10 Å². The van der Waals surface area contributed by atoms with Gasteiger partial charge in [-0.25, -0.2) is 4.68 Å². The van der Waals surface area contributed by atoms with E-state index in [4.69, 9.17) is 10.0 Å². The van der Waals surface area contributed by atoms with E-state index in [1.54, 1.807) is 30.5 Å². The molecule has 0 aliphatic heterocycles. The summed E-state index contributed by atoms with van der Waals surface area (Å²) in [5.74, 6) is 0. The first-order valence-corrected chi connectivity index (χ1v) is 6.74. The van der Waals surface area contributed by atoms with Crippen molar-refractivity contribution in [1.82, 2.24) is 9.78 Å². The number of hydrogen-bond acceptors (Lipinski definition) is 5. The zero-order valence-corrected chi connectivity index (χ0v) is 12.1. The fraction of sp³-hybridized carbons (Fsp3) is 0.286. The highest BCUT2D eigenvalue weighted by molar-refractivity contribution is 6.58. The van der Waals surface area contributed by atoms with Gasteiger partial charge in [-0.3, -0.25) is 4.79 Å². The molecule has 0 bridgehead atoms. The second-order valence-corrected chi connectivity index (χ2v) is 4.84. The van der Waals surface area contributed by atoms with Crippen LogP contribution in [0.25, 0.3) is 0 Å². The van der Waals surface area contributed by atoms with Crippen LogP contribution in [0.2, 0.25) is 0 Å². The molecule has 0 atom stereocenters. The van der Waals surface area contributed by atoms with Crippen LogP contribution in [-0.4, -0.2) is 40.5 Å². The highest BCUT2D eigenvalue weighted by atomic mass is 16.4. The number of rotatable bonds is 5. The molecule has 0 aliphatic carbocycles. The predicted octanol–water partition coefficient (Wildman–Crippen LogP) is -0.572. The third-order valence-electron chi connectivity index (χ3n) is 3.35. The summed E-state index contributed by atoms with van der Waals surface area (Å²) in [7, 11) is 0.377. The molecule has 0 saturated heterocycles. The van der Waals surface area contributed by atoms with Crippen LogP contribution in [0.1, 0.15) is 12.5 Å². The van der Waals surface area contributed by atoms with Crippen LogP contribution in [0, 0.1) is 0 Å². The molecule has 0 aliphatic rings. The lowest BCUT2D eigenvalue weighted by atomic mass is 9.80. The van der Waals surface area contributed by atoms with E-state index in [-0.39, 0.29) is 12.1 Å². The predicted molar refractivity (Wildman–Crippen MR) is 82.8 cm³/mol. The lowest BCUT2D eigenvalue weighted by Crippen LogP contribution is -2.30. The molecule has 6 nitrogen and oxygen atoms in total. The Morgan fingerprint density at radius 2 is 2.10 bits per heavy atom. The van der Waals surface area contributed by atoms with Crippen molar-refractivity contribution >= 4 is 18.3 Å². The van der Waals surface area contributed by atoms with E-state index >= 15 is 0 Å². The van der Waals surface area contributed by atoms with Gasteiger partial charge in [0.1, 0.15) is 0 Å². The molecule has 2 N–H and O–H groups in total.